The number of hydrogen-bond donors (Lipinski definition) is 0. The largest absolute Gasteiger partial charge is 0.298 e. The molecule has 2 rings (SSSR count). The zero-order chi connectivity index (χ0) is 13.5. The van der Waals surface area contributed by atoms with Crippen molar-refractivity contribution in [1.29, 1.82) is 0 Å². The van der Waals surface area contributed by atoms with Gasteiger partial charge >= 0.3 is 0 Å². The van der Waals surface area contributed by atoms with Crippen molar-refractivity contribution >= 4 is 6.29 Å². The fourth-order valence-corrected chi connectivity index (χ4v) is 3.53. The predicted octanol–water partition coefficient (Wildman–Crippen LogP) is 5.04. The number of benzene rings is 1. The van der Waals surface area contributed by atoms with E-state index in [2.05, 4.69) is 19.1 Å². The van der Waals surface area contributed by atoms with Crippen LogP contribution in [-0.2, 0) is 6.42 Å². The third-order valence-corrected chi connectivity index (χ3v) is 4.65. The summed E-state index contributed by atoms with van der Waals surface area (Å²) in [5.74, 6) is 1.90. The molecule has 0 heterocycles. The topological polar surface area (TPSA) is 17.1 Å². The van der Waals surface area contributed by atoms with E-state index < -0.39 is 0 Å². The number of aryl methyl sites for hydroxylation is 1. The summed E-state index contributed by atoms with van der Waals surface area (Å²) in [5.41, 5.74) is 2.16. The van der Waals surface area contributed by atoms with Gasteiger partial charge in [-0.1, -0.05) is 69.7 Å². The van der Waals surface area contributed by atoms with Crippen LogP contribution in [0.3, 0.4) is 0 Å². The molecule has 1 aromatic carbocycles. The van der Waals surface area contributed by atoms with Gasteiger partial charge in [0.25, 0.3) is 0 Å². The van der Waals surface area contributed by atoms with E-state index in [1.807, 2.05) is 12.1 Å². The van der Waals surface area contributed by atoms with Gasteiger partial charge in [-0.05, 0) is 30.2 Å². The standard InChI is InChI=1S/C18H26O/c1-2-5-17-6-3-4-7-18(17)13-12-15-8-10-16(14-19)11-9-15/h8-11,14,17-18H,2-7,12-13H2,1H3. The normalized spacial score (nSPS) is 23.2. The minimum atomic E-state index is 0.783. The van der Waals surface area contributed by atoms with Gasteiger partial charge in [0.2, 0.25) is 0 Å². The number of rotatable bonds is 6. The van der Waals surface area contributed by atoms with Crippen LogP contribution in [0.1, 0.15) is 67.8 Å². The van der Waals surface area contributed by atoms with Gasteiger partial charge in [-0.3, -0.25) is 4.79 Å². The van der Waals surface area contributed by atoms with Crippen LogP contribution in [0, 0.1) is 11.8 Å². The molecular weight excluding hydrogens is 232 g/mol. The first-order chi connectivity index (χ1) is 9.33. The van der Waals surface area contributed by atoms with Gasteiger partial charge in [0, 0.05) is 5.56 Å². The highest BCUT2D eigenvalue weighted by molar-refractivity contribution is 5.74. The Kier molecular flexibility index (Phi) is 5.62. The summed E-state index contributed by atoms with van der Waals surface area (Å²) in [6.07, 6.45) is 11.9. The molecule has 0 aromatic heterocycles. The summed E-state index contributed by atoms with van der Waals surface area (Å²) in [6.45, 7) is 2.31. The Hall–Kier alpha value is -1.11. The molecule has 1 fully saturated rings. The lowest BCUT2D eigenvalue weighted by atomic mass is 9.74. The van der Waals surface area contributed by atoms with E-state index in [0.717, 1.165) is 23.7 Å². The average Bonchev–Trinajstić information content (AvgIpc) is 2.47. The number of carbonyl (C=O) groups is 1. The number of aldehydes is 1. The van der Waals surface area contributed by atoms with E-state index in [4.69, 9.17) is 0 Å². The zero-order valence-corrected chi connectivity index (χ0v) is 12.1. The highest BCUT2D eigenvalue weighted by Crippen LogP contribution is 2.35. The first-order valence-electron chi connectivity index (χ1n) is 7.87. The third kappa shape index (κ3) is 4.19. The third-order valence-electron chi connectivity index (χ3n) is 4.65. The molecule has 1 saturated carbocycles. The Morgan fingerprint density at radius 2 is 1.68 bits per heavy atom. The Morgan fingerprint density at radius 1 is 1.05 bits per heavy atom. The molecule has 1 aliphatic rings. The molecule has 0 amide bonds. The molecule has 0 saturated heterocycles. The molecule has 0 radical (unpaired) electrons. The first-order valence-corrected chi connectivity index (χ1v) is 7.87. The SMILES string of the molecule is CCCC1CCCCC1CCc1ccc(C=O)cc1. The van der Waals surface area contributed by atoms with Crippen LogP contribution in [0.15, 0.2) is 24.3 Å². The average molecular weight is 258 g/mol. The van der Waals surface area contributed by atoms with Crippen LogP contribution in [0.5, 0.6) is 0 Å². The van der Waals surface area contributed by atoms with Gasteiger partial charge in [0.05, 0.1) is 0 Å². The Balaban J connectivity index is 1.86. The van der Waals surface area contributed by atoms with E-state index in [1.165, 1.54) is 56.9 Å². The zero-order valence-electron chi connectivity index (χ0n) is 12.1. The lowest BCUT2D eigenvalue weighted by molar-refractivity contribution is 0.112. The van der Waals surface area contributed by atoms with Crippen LogP contribution >= 0.6 is 0 Å². The molecule has 0 N–H and O–H groups in total. The summed E-state index contributed by atoms with van der Waals surface area (Å²) in [6, 6.07) is 8.10. The molecule has 0 bridgehead atoms. The summed E-state index contributed by atoms with van der Waals surface area (Å²) in [7, 11) is 0. The summed E-state index contributed by atoms with van der Waals surface area (Å²) in [5, 5.41) is 0. The van der Waals surface area contributed by atoms with Gasteiger partial charge in [-0.2, -0.15) is 0 Å². The summed E-state index contributed by atoms with van der Waals surface area (Å²) < 4.78 is 0. The molecule has 0 aliphatic heterocycles. The second-order valence-electron chi connectivity index (χ2n) is 5.99. The molecule has 19 heavy (non-hydrogen) atoms. The highest BCUT2D eigenvalue weighted by atomic mass is 16.1. The molecule has 2 unspecified atom stereocenters. The van der Waals surface area contributed by atoms with Gasteiger partial charge in [0.15, 0.2) is 0 Å². The van der Waals surface area contributed by atoms with Gasteiger partial charge in [0.1, 0.15) is 6.29 Å². The van der Waals surface area contributed by atoms with Gasteiger partial charge < -0.3 is 0 Å². The van der Waals surface area contributed by atoms with Gasteiger partial charge in [-0.15, -0.1) is 0 Å². The van der Waals surface area contributed by atoms with Crippen molar-refractivity contribution < 1.29 is 4.79 Å². The highest BCUT2D eigenvalue weighted by Gasteiger charge is 2.23. The van der Waals surface area contributed by atoms with Crippen molar-refractivity contribution in [2.45, 2.75) is 58.3 Å². The second kappa shape index (κ2) is 7.47. The molecule has 1 aromatic rings. The van der Waals surface area contributed by atoms with Crippen LogP contribution in [0.25, 0.3) is 0 Å². The van der Waals surface area contributed by atoms with Crippen LogP contribution in [0.2, 0.25) is 0 Å². The Morgan fingerprint density at radius 3 is 2.26 bits per heavy atom. The smallest absolute Gasteiger partial charge is 0.150 e. The van der Waals surface area contributed by atoms with E-state index in [0.29, 0.717) is 0 Å². The van der Waals surface area contributed by atoms with Crippen molar-refractivity contribution in [3.05, 3.63) is 35.4 Å². The second-order valence-corrected chi connectivity index (χ2v) is 5.99. The molecule has 0 spiro atoms. The fraction of sp³-hybridized carbons (Fsp3) is 0.611. The number of carbonyl (C=O) groups excluding carboxylic acids is 1. The van der Waals surface area contributed by atoms with Crippen molar-refractivity contribution in [3.8, 4) is 0 Å². The predicted molar refractivity (Wildman–Crippen MR) is 80.5 cm³/mol. The van der Waals surface area contributed by atoms with Gasteiger partial charge in [-0.25, -0.2) is 0 Å². The van der Waals surface area contributed by atoms with E-state index in [1.54, 1.807) is 0 Å². The maximum absolute atomic E-state index is 10.6. The van der Waals surface area contributed by atoms with Crippen LogP contribution in [0.4, 0.5) is 0 Å². The van der Waals surface area contributed by atoms with Crippen LogP contribution < -0.4 is 0 Å². The maximum Gasteiger partial charge on any atom is 0.150 e. The lowest BCUT2D eigenvalue weighted by Crippen LogP contribution is -2.20. The fourth-order valence-electron chi connectivity index (χ4n) is 3.53. The quantitative estimate of drug-likeness (QED) is 0.653. The molecule has 1 heteroatoms. The Bertz CT molecular complexity index is 377. The lowest BCUT2D eigenvalue weighted by Gasteiger charge is -2.31. The number of hydrogen-bond acceptors (Lipinski definition) is 1. The molecule has 1 nitrogen and oxygen atoms in total. The molecular formula is C18H26O. The maximum atomic E-state index is 10.6. The van der Waals surface area contributed by atoms with E-state index >= 15 is 0 Å². The minimum Gasteiger partial charge on any atom is -0.298 e. The van der Waals surface area contributed by atoms with Crippen molar-refractivity contribution in [3.63, 3.8) is 0 Å². The molecule has 2 atom stereocenters. The van der Waals surface area contributed by atoms with Crippen molar-refractivity contribution in [1.82, 2.24) is 0 Å². The monoisotopic (exact) mass is 258 g/mol. The van der Waals surface area contributed by atoms with E-state index in [9.17, 15) is 4.79 Å². The molecule has 104 valence electrons. The summed E-state index contributed by atoms with van der Waals surface area (Å²) in [4.78, 5) is 10.6. The van der Waals surface area contributed by atoms with Crippen LogP contribution in [-0.4, -0.2) is 6.29 Å². The minimum absolute atomic E-state index is 0.783. The van der Waals surface area contributed by atoms with Crippen molar-refractivity contribution in [2.24, 2.45) is 11.8 Å². The Labute approximate surface area is 117 Å². The summed E-state index contributed by atoms with van der Waals surface area (Å²) >= 11 is 0. The first kappa shape index (κ1) is 14.3. The molecule has 1 aliphatic carbocycles. The van der Waals surface area contributed by atoms with E-state index in [-0.39, 0.29) is 0 Å². The van der Waals surface area contributed by atoms with Crippen molar-refractivity contribution in [2.75, 3.05) is 0 Å².